The lowest BCUT2D eigenvalue weighted by Crippen LogP contribution is -2.22. The molecule has 0 aromatic carbocycles. The zero-order chi connectivity index (χ0) is 97.7. The van der Waals surface area contributed by atoms with Crippen molar-refractivity contribution in [2.45, 2.75) is 623 Å². The van der Waals surface area contributed by atoms with Crippen molar-refractivity contribution in [1.29, 1.82) is 0 Å². The molecule has 2 aliphatic rings. The molecule has 0 spiro atoms. The van der Waals surface area contributed by atoms with Crippen molar-refractivity contribution in [3.63, 3.8) is 0 Å². The number of rotatable bonds is 81. The van der Waals surface area contributed by atoms with Crippen molar-refractivity contribution in [3.8, 4) is 0 Å². The first-order chi connectivity index (χ1) is 60.4. The third-order valence-corrected chi connectivity index (χ3v) is 30.6. The molecule has 2 aliphatic heterocycles. The Balaban J connectivity index is -0.000000476. The monoisotopic (exact) mass is 1830 g/mol. The normalized spacial score (nSPS) is 20.0. The van der Waals surface area contributed by atoms with Gasteiger partial charge < -0.3 is 40.1 Å². The zero-order valence-corrected chi connectivity index (χ0v) is 93.8. The van der Waals surface area contributed by atoms with Gasteiger partial charge in [0, 0.05) is 19.8 Å². The Morgan fingerprint density at radius 2 is 0.349 bits per heavy atom. The molecule has 2 heterocycles. The molecule has 0 amide bonds. The van der Waals surface area contributed by atoms with Gasteiger partial charge in [0.2, 0.25) is 0 Å². The minimum atomic E-state index is -0.440. The van der Waals surface area contributed by atoms with E-state index in [1.165, 1.54) is 327 Å². The van der Waals surface area contributed by atoms with Crippen LogP contribution in [0.4, 0.5) is 0 Å². The van der Waals surface area contributed by atoms with E-state index < -0.39 is 5.60 Å². The van der Waals surface area contributed by atoms with Gasteiger partial charge in [0.05, 0.1) is 30.0 Å². The molecule has 8 nitrogen and oxygen atoms in total. The molecule has 6 N–H and O–H groups in total. The molecule has 8 heteroatoms. The minimum Gasteiger partial charge on any atom is -0.396 e. The summed E-state index contributed by atoms with van der Waals surface area (Å²) in [5.74, 6) is 17.8. The summed E-state index contributed by atoms with van der Waals surface area (Å²) in [6.45, 7) is 73.4. The first-order valence-corrected chi connectivity index (χ1v) is 57.5. The van der Waals surface area contributed by atoms with Crippen LogP contribution in [0.25, 0.3) is 0 Å². The average Bonchev–Trinajstić information content (AvgIpc) is 1.64. The summed E-state index contributed by atoms with van der Waals surface area (Å²) < 4.78 is 11.1. The molecule has 20 atom stereocenters. The fourth-order valence-corrected chi connectivity index (χ4v) is 19.5. The summed E-state index contributed by atoms with van der Waals surface area (Å²) in [5, 5.41) is 54.9. The van der Waals surface area contributed by atoms with Gasteiger partial charge in [0.1, 0.15) is 12.2 Å². The highest BCUT2D eigenvalue weighted by Gasteiger charge is 2.51. The third-order valence-electron chi connectivity index (χ3n) is 30.6. The Morgan fingerprint density at radius 3 is 0.473 bits per heavy atom. The maximum Gasteiger partial charge on any atom is 0.110 e. The molecule has 2 fully saturated rings. The van der Waals surface area contributed by atoms with Crippen LogP contribution in [0.1, 0.15) is 594 Å². The van der Waals surface area contributed by atoms with E-state index in [0.29, 0.717) is 37.6 Å². The highest BCUT2D eigenvalue weighted by atomic mass is 16.6. The Hall–Kier alpha value is -0.320. The van der Waals surface area contributed by atoms with Gasteiger partial charge in [-0.15, -0.1) is 0 Å². The SMILES string of the molecule is C.CC(C)CCCC(C)CCCC(C)CCCC1(C)OC1CO.CC(C)CCCC(C)CCCC(C)CCC[C@H](C)CCO.CC(C)CCCC(C)CCCC(C)CCC[C@H](C)CCO.CC(C)CCC[C@H](C)CCC[C@H](C)CCCC1(C)OC1CO.CC(C)CCC[C@H](C)CCC[C@H](C)CCC[C@H](C)CCO.CCC(C)(O)CCCC(C)CCCC(C)CCCC(C)C. The largest absolute Gasteiger partial charge is 0.396 e. The lowest BCUT2D eigenvalue weighted by atomic mass is 9.90. The molecule has 0 aromatic rings. The van der Waals surface area contributed by atoms with Crippen LogP contribution < -0.4 is 0 Å². The highest BCUT2D eigenvalue weighted by Crippen LogP contribution is 2.42. The van der Waals surface area contributed by atoms with E-state index in [0.717, 1.165) is 151 Å². The van der Waals surface area contributed by atoms with E-state index in [1.807, 2.05) is 6.92 Å². The molecule has 129 heavy (non-hydrogen) atoms. The van der Waals surface area contributed by atoms with Crippen LogP contribution in [-0.2, 0) is 9.47 Å². The number of hydrogen-bond acceptors (Lipinski definition) is 8. The first-order valence-electron chi connectivity index (χ1n) is 57.5. The molecule has 2 saturated heterocycles. The molecule has 0 aromatic heterocycles. The summed E-state index contributed by atoms with van der Waals surface area (Å²) in [7, 11) is 0. The van der Waals surface area contributed by atoms with Gasteiger partial charge in [0.25, 0.3) is 0 Å². The molecule has 13 unspecified atom stereocenters. The Morgan fingerprint density at radius 1 is 0.217 bits per heavy atom. The number of epoxide rings is 2. The van der Waals surface area contributed by atoms with Gasteiger partial charge in [-0.3, -0.25) is 0 Å². The maximum absolute atomic E-state index is 10.0. The second-order valence-electron chi connectivity index (χ2n) is 49.2. The second-order valence-corrected chi connectivity index (χ2v) is 49.2. The molecule has 0 radical (unpaired) electrons. The summed E-state index contributed by atoms with van der Waals surface area (Å²) in [6.07, 6.45) is 77.2. The van der Waals surface area contributed by atoms with Gasteiger partial charge >= 0.3 is 0 Å². The summed E-state index contributed by atoms with van der Waals surface area (Å²) in [4.78, 5) is 0. The van der Waals surface area contributed by atoms with Crippen LogP contribution in [-0.4, -0.2) is 92.7 Å². The maximum atomic E-state index is 10.0. The smallest absolute Gasteiger partial charge is 0.110 e. The minimum absolute atomic E-state index is 0. The quantitative estimate of drug-likeness (QED) is 0.0330. The molecular weight excluding hydrogens is 1580 g/mol. The third kappa shape index (κ3) is 96.3. The highest BCUT2D eigenvalue weighted by molar-refractivity contribution is 4.99. The molecular formula is C121H252O8. The van der Waals surface area contributed by atoms with Crippen LogP contribution in [0.3, 0.4) is 0 Å². The van der Waals surface area contributed by atoms with E-state index >= 15 is 0 Å². The number of ether oxygens (including phenoxy) is 2. The van der Waals surface area contributed by atoms with E-state index in [2.05, 4.69) is 208 Å². The van der Waals surface area contributed by atoms with Crippen LogP contribution >= 0.6 is 0 Å². The molecule has 0 saturated carbocycles. The Bertz CT molecular complexity index is 2060. The summed E-state index contributed by atoms with van der Waals surface area (Å²) in [5.41, 5.74) is -0.469. The predicted molar refractivity (Wildman–Crippen MR) is 579 cm³/mol. The lowest BCUT2D eigenvalue weighted by Gasteiger charge is -2.22. The van der Waals surface area contributed by atoms with Crippen LogP contribution in [0.15, 0.2) is 0 Å². The van der Waals surface area contributed by atoms with E-state index in [4.69, 9.17) is 35.0 Å². The van der Waals surface area contributed by atoms with Crippen LogP contribution in [0.5, 0.6) is 0 Å². The van der Waals surface area contributed by atoms with Crippen molar-refractivity contribution < 1.29 is 40.1 Å². The van der Waals surface area contributed by atoms with Gasteiger partial charge in [-0.1, -0.05) is 529 Å². The second kappa shape index (κ2) is 89.1. The fourth-order valence-electron chi connectivity index (χ4n) is 19.5. The molecule has 0 bridgehead atoms. The molecule has 2 rings (SSSR count). The topological polar surface area (TPSA) is 146 Å². The average molecular weight is 1840 g/mol. The van der Waals surface area contributed by atoms with Crippen molar-refractivity contribution in [3.05, 3.63) is 0 Å². The van der Waals surface area contributed by atoms with Crippen LogP contribution in [0, 0.1) is 124 Å². The Kier molecular flexibility index (Phi) is 94.7. The van der Waals surface area contributed by atoms with Gasteiger partial charge in [-0.2, -0.15) is 0 Å². The van der Waals surface area contributed by atoms with Crippen LogP contribution in [0.2, 0.25) is 0 Å². The summed E-state index contributed by atoms with van der Waals surface area (Å²) >= 11 is 0. The standard InChI is InChI=1S/2C20H40O2.4C20H42O.CH4/c2*1-16(2)9-6-10-17(3)11-7-12-18(4)13-8-14-20(5)19(15-21)22-20;3*1-17(2)9-6-10-18(3)11-7-12-19(4)13-8-14-20(5)15-16-21;1-7-20(6,21)16-10-15-19(5)14-9-13-18(4)12-8-11-17(2)3;/h2*16-19,21H,6-15H2,1-5H3;3*17-21H,6-16H2,1-5H3;17-19,21H,7-16H2,1-6H3;1H4/t17-,18-,19?,20?;;2*18?,19?,20-;18-,19-,20-;;/m0.000../s1. The predicted octanol–water partition coefficient (Wildman–Crippen LogP) is 37.7. The Labute approximate surface area is 816 Å². The van der Waals surface area contributed by atoms with E-state index in [9.17, 15) is 5.11 Å². The van der Waals surface area contributed by atoms with Crippen molar-refractivity contribution >= 4 is 0 Å². The molecule has 0 aliphatic carbocycles. The molecule has 784 valence electrons. The van der Waals surface area contributed by atoms with Gasteiger partial charge in [-0.05, 0) is 190 Å². The van der Waals surface area contributed by atoms with Gasteiger partial charge in [0.15, 0.2) is 0 Å². The van der Waals surface area contributed by atoms with Crippen molar-refractivity contribution in [2.75, 3.05) is 33.0 Å². The number of aliphatic hydroxyl groups excluding tert-OH is 5. The fraction of sp³-hybridized carbons (Fsp3) is 1.00. The lowest BCUT2D eigenvalue weighted by molar-refractivity contribution is 0.0432. The number of aliphatic hydroxyl groups is 6. The summed E-state index contributed by atoms with van der Waals surface area (Å²) in [6, 6.07) is 0. The number of hydrogen-bond donors (Lipinski definition) is 6. The van der Waals surface area contributed by atoms with E-state index in [-0.39, 0.29) is 44.1 Å². The zero-order valence-electron chi connectivity index (χ0n) is 93.8. The van der Waals surface area contributed by atoms with Crippen molar-refractivity contribution in [2.24, 2.45) is 124 Å². The first kappa shape index (κ1) is 137. The van der Waals surface area contributed by atoms with E-state index in [1.54, 1.807) is 0 Å². The van der Waals surface area contributed by atoms with Crippen molar-refractivity contribution in [1.82, 2.24) is 0 Å². The van der Waals surface area contributed by atoms with Gasteiger partial charge in [-0.25, -0.2) is 0 Å².